The van der Waals surface area contributed by atoms with Crippen LogP contribution in [0, 0.1) is 5.82 Å². The second-order valence-electron chi connectivity index (χ2n) is 4.47. The Morgan fingerprint density at radius 3 is 2.90 bits per heavy atom. The molecule has 1 aromatic carbocycles. The standard InChI is InChI=1S/C13H17FN4O2/c14-12-7-10(8-16-17-13(15)19)1-2-11(12)9-18-3-5-20-6-4-18/h1-2,7-8H,3-6,9H2,(H3,15,17,19). The molecule has 0 spiro atoms. The topological polar surface area (TPSA) is 80.0 Å². The molecular formula is C13H17FN4O2. The molecule has 0 unspecified atom stereocenters. The Balaban J connectivity index is 1.98. The lowest BCUT2D eigenvalue weighted by molar-refractivity contribution is 0.0337. The van der Waals surface area contributed by atoms with Crippen LogP contribution in [-0.2, 0) is 11.3 Å². The van der Waals surface area contributed by atoms with Crippen molar-refractivity contribution in [1.29, 1.82) is 0 Å². The minimum atomic E-state index is -0.759. The molecule has 20 heavy (non-hydrogen) atoms. The molecule has 0 radical (unpaired) electrons. The third-order valence-electron chi connectivity index (χ3n) is 2.96. The summed E-state index contributed by atoms with van der Waals surface area (Å²) in [4.78, 5) is 12.6. The van der Waals surface area contributed by atoms with Gasteiger partial charge in [-0.2, -0.15) is 5.10 Å². The van der Waals surface area contributed by atoms with Gasteiger partial charge < -0.3 is 10.5 Å². The maximum Gasteiger partial charge on any atom is 0.332 e. The molecule has 1 saturated heterocycles. The number of carbonyl (C=O) groups excluding carboxylic acids is 1. The number of carbonyl (C=O) groups is 1. The first kappa shape index (κ1) is 14.4. The maximum atomic E-state index is 14.0. The molecule has 1 fully saturated rings. The second kappa shape index (κ2) is 6.97. The summed E-state index contributed by atoms with van der Waals surface area (Å²) < 4.78 is 19.2. The fourth-order valence-electron chi connectivity index (χ4n) is 1.94. The van der Waals surface area contributed by atoms with E-state index >= 15 is 0 Å². The lowest BCUT2D eigenvalue weighted by atomic mass is 10.1. The van der Waals surface area contributed by atoms with Gasteiger partial charge in [0.25, 0.3) is 0 Å². The monoisotopic (exact) mass is 280 g/mol. The van der Waals surface area contributed by atoms with E-state index in [9.17, 15) is 9.18 Å². The Hall–Kier alpha value is -1.99. The number of ether oxygens (including phenoxy) is 1. The van der Waals surface area contributed by atoms with Crippen LogP contribution < -0.4 is 11.2 Å². The normalized spacial score (nSPS) is 16.4. The number of nitrogens with two attached hydrogens (primary N) is 1. The number of hydrogen-bond acceptors (Lipinski definition) is 4. The van der Waals surface area contributed by atoms with Crippen molar-refractivity contribution in [2.45, 2.75) is 6.54 Å². The molecule has 1 heterocycles. The van der Waals surface area contributed by atoms with Crippen LogP contribution in [0.15, 0.2) is 23.3 Å². The van der Waals surface area contributed by atoms with Crippen molar-refractivity contribution in [3.05, 3.63) is 35.1 Å². The fourth-order valence-corrected chi connectivity index (χ4v) is 1.94. The first-order valence-electron chi connectivity index (χ1n) is 6.32. The summed E-state index contributed by atoms with van der Waals surface area (Å²) in [5.74, 6) is -0.292. The van der Waals surface area contributed by atoms with Gasteiger partial charge in [-0.15, -0.1) is 0 Å². The molecule has 1 aromatic rings. The number of benzene rings is 1. The molecule has 0 saturated carbocycles. The number of rotatable bonds is 4. The SMILES string of the molecule is NC(=O)NN=Cc1ccc(CN2CCOCC2)c(F)c1. The summed E-state index contributed by atoms with van der Waals surface area (Å²) in [6, 6.07) is 4.08. The molecule has 2 amide bonds. The van der Waals surface area contributed by atoms with Crippen LogP contribution in [0.3, 0.4) is 0 Å². The van der Waals surface area contributed by atoms with E-state index < -0.39 is 6.03 Å². The van der Waals surface area contributed by atoms with Crippen LogP contribution in [0.1, 0.15) is 11.1 Å². The zero-order chi connectivity index (χ0) is 14.4. The highest BCUT2D eigenvalue weighted by Gasteiger charge is 2.13. The maximum absolute atomic E-state index is 14.0. The quantitative estimate of drug-likeness (QED) is 0.628. The third-order valence-corrected chi connectivity index (χ3v) is 2.96. The number of morpholine rings is 1. The Labute approximate surface area is 116 Å². The molecule has 108 valence electrons. The van der Waals surface area contributed by atoms with Gasteiger partial charge in [-0.05, 0) is 11.6 Å². The van der Waals surface area contributed by atoms with Gasteiger partial charge in [0.2, 0.25) is 0 Å². The zero-order valence-corrected chi connectivity index (χ0v) is 11.0. The number of halogens is 1. The predicted molar refractivity (Wildman–Crippen MR) is 72.8 cm³/mol. The number of amides is 2. The van der Waals surface area contributed by atoms with Gasteiger partial charge in [0.1, 0.15) is 5.82 Å². The summed E-state index contributed by atoms with van der Waals surface area (Å²) in [6.45, 7) is 3.55. The van der Waals surface area contributed by atoms with Crippen molar-refractivity contribution in [3.63, 3.8) is 0 Å². The van der Waals surface area contributed by atoms with Gasteiger partial charge in [0, 0.05) is 25.2 Å². The predicted octanol–water partition coefficient (Wildman–Crippen LogP) is 0.660. The molecule has 0 aliphatic carbocycles. The van der Waals surface area contributed by atoms with E-state index in [-0.39, 0.29) is 5.82 Å². The minimum Gasteiger partial charge on any atom is -0.379 e. The van der Waals surface area contributed by atoms with Crippen LogP contribution >= 0.6 is 0 Å². The molecule has 6 nitrogen and oxygen atoms in total. The largest absolute Gasteiger partial charge is 0.379 e. The third kappa shape index (κ3) is 4.29. The van der Waals surface area contributed by atoms with E-state index in [2.05, 4.69) is 15.4 Å². The highest BCUT2D eigenvalue weighted by atomic mass is 19.1. The first-order chi connectivity index (χ1) is 9.65. The number of urea groups is 1. The van der Waals surface area contributed by atoms with E-state index in [0.717, 1.165) is 13.1 Å². The first-order valence-corrected chi connectivity index (χ1v) is 6.32. The van der Waals surface area contributed by atoms with Crippen molar-refractivity contribution in [2.75, 3.05) is 26.3 Å². The zero-order valence-electron chi connectivity index (χ0n) is 11.0. The number of nitrogens with one attached hydrogen (secondary N) is 1. The van der Waals surface area contributed by atoms with E-state index in [1.807, 2.05) is 0 Å². The fraction of sp³-hybridized carbons (Fsp3) is 0.385. The molecule has 1 aliphatic rings. The lowest BCUT2D eigenvalue weighted by Crippen LogP contribution is -2.35. The van der Waals surface area contributed by atoms with Gasteiger partial charge in [0.05, 0.1) is 19.4 Å². The number of hydrazone groups is 1. The highest BCUT2D eigenvalue weighted by molar-refractivity contribution is 5.81. The average Bonchev–Trinajstić information content (AvgIpc) is 2.42. The molecule has 0 bridgehead atoms. The molecule has 2 rings (SSSR count). The number of primary amides is 1. The van der Waals surface area contributed by atoms with E-state index in [1.165, 1.54) is 12.3 Å². The molecular weight excluding hydrogens is 263 g/mol. The number of hydrogen-bond donors (Lipinski definition) is 2. The van der Waals surface area contributed by atoms with Gasteiger partial charge in [0.15, 0.2) is 0 Å². The lowest BCUT2D eigenvalue weighted by Gasteiger charge is -2.26. The summed E-state index contributed by atoms with van der Waals surface area (Å²) in [7, 11) is 0. The van der Waals surface area contributed by atoms with Crippen LogP contribution in [0.4, 0.5) is 9.18 Å². The van der Waals surface area contributed by atoms with Crippen LogP contribution in [0.5, 0.6) is 0 Å². The average molecular weight is 280 g/mol. The molecule has 1 aliphatic heterocycles. The summed E-state index contributed by atoms with van der Waals surface area (Å²) in [5.41, 5.74) is 8.11. The Kier molecular flexibility index (Phi) is 5.03. The summed E-state index contributed by atoms with van der Waals surface area (Å²) in [5, 5.41) is 3.58. The molecule has 7 heteroatoms. The van der Waals surface area contributed by atoms with Crippen molar-refractivity contribution in [2.24, 2.45) is 10.8 Å². The smallest absolute Gasteiger partial charge is 0.332 e. The van der Waals surface area contributed by atoms with Crippen LogP contribution in [0.2, 0.25) is 0 Å². The minimum absolute atomic E-state index is 0.292. The van der Waals surface area contributed by atoms with Crippen LogP contribution in [0.25, 0.3) is 0 Å². The van der Waals surface area contributed by atoms with E-state index in [4.69, 9.17) is 10.5 Å². The van der Waals surface area contributed by atoms with E-state index in [1.54, 1.807) is 12.1 Å². The van der Waals surface area contributed by atoms with E-state index in [0.29, 0.717) is 30.9 Å². The van der Waals surface area contributed by atoms with Crippen molar-refractivity contribution < 1.29 is 13.9 Å². The van der Waals surface area contributed by atoms with Gasteiger partial charge in [-0.3, -0.25) is 4.90 Å². The van der Waals surface area contributed by atoms with Gasteiger partial charge in [-0.25, -0.2) is 14.6 Å². The number of nitrogens with zero attached hydrogens (tertiary/aromatic N) is 2. The summed E-state index contributed by atoms with van der Waals surface area (Å²) in [6.07, 6.45) is 1.34. The highest BCUT2D eigenvalue weighted by Crippen LogP contribution is 2.13. The summed E-state index contributed by atoms with van der Waals surface area (Å²) >= 11 is 0. The Morgan fingerprint density at radius 2 is 2.25 bits per heavy atom. The van der Waals surface area contributed by atoms with Gasteiger partial charge in [-0.1, -0.05) is 12.1 Å². The second-order valence-corrected chi connectivity index (χ2v) is 4.47. The molecule has 3 N–H and O–H groups in total. The van der Waals surface area contributed by atoms with Crippen molar-refractivity contribution >= 4 is 12.2 Å². The van der Waals surface area contributed by atoms with Crippen LogP contribution in [-0.4, -0.2) is 43.4 Å². The van der Waals surface area contributed by atoms with Crippen molar-refractivity contribution in [1.82, 2.24) is 10.3 Å². The Morgan fingerprint density at radius 1 is 1.50 bits per heavy atom. The molecule has 0 aromatic heterocycles. The molecule has 0 atom stereocenters. The van der Waals surface area contributed by atoms with Gasteiger partial charge >= 0.3 is 6.03 Å². The van der Waals surface area contributed by atoms with Crippen molar-refractivity contribution in [3.8, 4) is 0 Å². The Bertz CT molecular complexity index is 501.